The molecule has 0 saturated heterocycles. The van der Waals surface area contributed by atoms with Gasteiger partial charge in [0.15, 0.2) is 0 Å². The predicted molar refractivity (Wildman–Crippen MR) is 66.6 cm³/mol. The molecule has 0 spiro atoms. The van der Waals surface area contributed by atoms with Crippen molar-refractivity contribution in [3.63, 3.8) is 0 Å². The molecule has 1 aliphatic carbocycles. The van der Waals surface area contributed by atoms with Crippen LogP contribution in [-0.4, -0.2) is 23.5 Å². The Kier molecular flexibility index (Phi) is 3.83. The first kappa shape index (κ1) is 11.5. The summed E-state index contributed by atoms with van der Waals surface area (Å²) in [5, 5.41) is 5.02. The fourth-order valence-corrected chi connectivity index (χ4v) is 2.36. The monoisotopic (exact) mass is 238 g/mol. The van der Waals surface area contributed by atoms with Crippen LogP contribution in [0.5, 0.6) is 0 Å². The number of hydrogen-bond donors (Lipinski definition) is 1. The summed E-state index contributed by atoms with van der Waals surface area (Å²) in [6.45, 7) is 3.60. The summed E-state index contributed by atoms with van der Waals surface area (Å²) >= 11 is 1.72. The molecular formula is C12H18N2OS. The maximum absolute atomic E-state index is 11.9. The topological polar surface area (TPSA) is 32.3 Å². The standard InChI is InChI=1S/C12H18N2OS/c1-2-7-13-12(15)14(10-5-6-10)9-11-4-3-8-16-11/h3-4,8,10H,2,5-7,9H2,1H3,(H,13,15). The van der Waals surface area contributed by atoms with Crippen LogP contribution in [-0.2, 0) is 6.54 Å². The molecule has 4 heteroatoms. The van der Waals surface area contributed by atoms with Gasteiger partial charge in [-0.15, -0.1) is 11.3 Å². The molecule has 2 amide bonds. The third-order valence-electron chi connectivity index (χ3n) is 2.68. The van der Waals surface area contributed by atoms with E-state index in [-0.39, 0.29) is 6.03 Å². The Labute approximate surface area is 100 Å². The number of rotatable bonds is 5. The van der Waals surface area contributed by atoms with Crippen molar-refractivity contribution >= 4 is 17.4 Å². The van der Waals surface area contributed by atoms with E-state index >= 15 is 0 Å². The minimum Gasteiger partial charge on any atom is -0.338 e. The molecule has 1 saturated carbocycles. The molecule has 2 rings (SSSR count). The van der Waals surface area contributed by atoms with Crippen molar-refractivity contribution in [2.75, 3.05) is 6.54 Å². The minimum absolute atomic E-state index is 0.0951. The zero-order chi connectivity index (χ0) is 11.4. The van der Waals surface area contributed by atoms with E-state index in [0.29, 0.717) is 6.04 Å². The van der Waals surface area contributed by atoms with Crippen molar-refractivity contribution in [2.45, 2.75) is 38.8 Å². The fourth-order valence-electron chi connectivity index (χ4n) is 1.66. The summed E-state index contributed by atoms with van der Waals surface area (Å²) in [6, 6.07) is 4.69. The molecule has 88 valence electrons. The van der Waals surface area contributed by atoms with E-state index in [1.165, 1.54) is 4.88 Å². The molecule has 1 heterocycles. The zero-order valence-corrected chi connectivity index (χ0v) is 10.4. The van der Waals surface area contributed by atoms with Crippen molar-refractivity contribution in [1.29, 1.82) is 0 Å². The lowest BCUT2D eigenvalue weighted by Crippen LogP contribution is -2.41. The number of hydrogen-bond acceptors (Lipinski definition) is 2. The quantitative estimate of drug-likeness (QED) is 0.840. The molecule has 1 aromatic rings. The van der Waals surface area contributed by atoms with Gasteiger partial charge in [0.25, 0.3) is 0 Å². The van der Waals surface area contributed by atoms with Gasteiger partial charge in [-0.1, -0.05) is 13.0 Å². The Hall–Kier alpha value is -1.03. The molecule has 1 N–H and O–H groups in total. The third-order valence-corrected chi connectivity index (χ3v) is 3.54. The molecule has 1 fully saturated rings. The van der Waals surface area contributed by atoms with Crippen molar-refractivity contribution in [2.24, 2.45) is 0 Å². The number of nitrogens with one attached hydrogen (secondary N) is 1. The second-order valence-corrected chi connectivity index (χ2v) is 5.20. The molecule has 0 unspecified atom stereocenters. The van der Waals surface area contributed by atoms with Gasteiger partial charge in [0.1, 0.15) is 0 Å². The molecule has 0 bridgehead atoms. The van der Waals surface area contributed by atoms with E-state index in [4.69, 9.17) is 0 Å². The third kappa shape index (κ3) is 2.98. The summed E-state index contributed by atoms with van der Waals surface area (Å²) in [5.74, 6) is 0. The van der Waals surface area contributed by atoms with Gasteiger partial charge in [0.05, 0.1) is 6.54 Å². The Morgan fingerprint density at radius 3 is 3.00 bits per heavy atom. The first-order chi connectivity index (χ1) is 7.81. The molecule has 1 aromatic heterocycles. The van der Waals surface area contributed by atoms with Crippen LogP contribution in [0, 0.1) is 0 Å². The summed E-state index contributed by atoms with van der Waals surface area (Å²) in [5.41, 5.74) is 0. The van der Waals surface area contributed by atoms with E-state index in [1.807, 2.05) is 11.0 Å². The Bertz CT molecular complexity index is 333. The smallest absolute Gasteiger partial charge is 0.317 e. The molecule has 0 aromatic carbocycles. The first-order valence-corrected chi connectivity index (χ1v) is 6.76. The van der Waals surface area contributed by atoms with Crippen molar-refractivity contribution in [1.82, 2.24) is 10.2 Å². The van der Waals surface area contributed by atoms with Crippen LogP contribution in [0.25, 0.3) is 0 Å². The Morgan fingerprint density at radius 1 is 1.62 bits per heavy atom. The number of nitrogens with zero attached hydrogens (tertiary/aromatic N) is 1. The molecule has 0 aliphatic heterocycles. The maximum atomic E-state index is 11.9. The fraction of sp³-hybridized carbons (Fsp3) is 0.583. The minimum atomic E-state index is 0.0951. The van der Waals surface area contributed by atoms with Crippen LogP contribution >= 0.6 is 11.3 Å². The molecule has 3 nitrogen and oxygen atoms in total. The number of amides is 2. The van der Waals surface area contributed by atoms with Crippen molar-refractivity contribution in [3.8, 4) is 0 Å². The molecular weight excluding hydrogens is 220 g/mol. The van der Waals surface area contributed by atoms with Gasteiger partial charge < -0.3 is 10.2 Å². The summed E-state index contributed by atoms with van der Waals surface area (Å²) < 4.78 is 0. The zero-order valence-electron chi connectivity index (χ0n) is 9.61. The van der Waals surface area contributed by atoms with Crippen LogP contribution in [0.2, 0.25) is 0 Å². The Morgan fingerprint density at radius 2 is 2.44 bits per heavy atom. The maximum Gasteiger partial charge on any atom is 0.317 e. The van der Waals surface area contributed by atoms with Gasteiger partial charge in [-0.2, -0.15) is 0 Å². The van der Waals surface area contributed by atoms with Gasteiger partial charge >= 0.3 is 6.03 Å². The highest BCUT2D eigenvalue weighted by atomic mass is 32.1. The second-order valence-electron chi connectivity index (χ2n) is 4.17. The van der Waals surface area contributed by atoms with E-state index < -0.39 is 0 Å². The summed E-state index contributed by atoms with van der Waals surface area (Å²) in [4.78, 5) is 15.2. The van der Waals surface area contributed by atoms with Crippen LogP contribution < -0.4 is 5.32 Å². The van der Waals surface area contributed by atoms with Gasteiger partial charge in [-0.05, 0) is 30.7 Å². The number of carbonyl (C=O) groups excluding carboxylic acids is 1. The Balaban J connectivity index is 1.92. The normalized spacial score (nSPS) is 14.8. The second kappa shape index (κ2) is 5.34. The highest BCUT2D eigenvalue weighted by molar-refractivity contribution is 7.09. The number of thiophene rings is 1. The van der Waals surface area contributed by atoms with Crippen molar-refractivity contribution in [3.05, 3.63) is 22.4 Å². The van der Waals surface area contributed by atoms with Crippen LogP contribution in [0.4, 0.5) is 4.79 Å². The number of urea groups is 1. The average molecular weight is 238 g/mol. The highest BCUT2D eigenvalue weighted by Gasteiger charge is 2.32. The lowest BCUT2D eigenvalue weighted by molar-refractivity contribution is 0.192. The predicted octanol–water partition coefficient (Wildman–Crippen LogP) is 2.83. The molecule has 0 atom stereocenters. The van der Waals surface area contributed by atoms with Crippen LogP contribution in [0.15, 0.2) is 17.5 Å². The van der Waals surface area contributed by atoms with Gasteiger partial charge in [0.2, 0.25) is 0 Å². The van der Waals surface area contributed by atoms with E-state index in [2.05, 4.69) is 23.7 Å². The summed E-state index contributed by atoms with van der Waals surface area (Å²) in [7, 11) is 0. The molecule has 16 heavy (non-hydrogen) atoms. The van der Waals surface area contributed by atoms with Gasteiger partial charge in [0, 0.05) is 17.5 Å². The van der Waals surface area contributed by atoms with E-state index in [1.54, 1.807) is 11.3 Å². The van der Waals surface area contributed by atoms with Crippen molar-refractivity contribution < 1.29 is 4.79 Å². The van der Waals surface area contributed by atoms with Crippen LogP contribution in [0.3, 0.4) is 0 Å². The molecule has 1 aliphatic rings. The SMILES string of the molecule is CCCNC(=O)N(Cc1cccs1)C1CC1. The van der Waals surface area contributed by atoms with Gasteiger partial charge in [-0.3, -0.25) is 0 Å². The van der Waals surface area contributed by atoms with Crippen LogP contribution in [0.1, 0.15) is 31.1 Å². The van der Waals surface area contributed by atoms with E-state index in [9.17, 15) is 4.79 Å². The summed E-state index contributed by atoms with van der Waals surface area (Å²) in [6.07, 6.45) is 3.30. The number of carbonyl (C=O) groups is 1. The largest absolute Gasteiger partial charge is 0.338 e. The highest BCUT2D eigenvalue weighted by Crippen LogP contribution is 2.29. The lowest BCUT2D eigenvalue weighted by Gasteiger charge is -2.22. The average Bonchev–Trinajstić information content (AvgIpc) is 3.00. The van der Waals surface area contributed by atoms with Gasteiger partial charge in [-0.25, -0.2) is 4.79 Å². The van der Waals surface area contributed by atoms with E-state index in [0.717, 1.165) is 32.4 Å². The molecule has 0 radical (unpaired) electrons. The lowest BCUT2D eigenvalue weighted by atomic mass is 10.4. The first-order valence-electron chi connectivity index (χ1n) is 5.88.